The normalized spacial score (nSPS) is 19.3. The van der Waals surface area contributed by atoms with E-state index in [0.29, 0.717) is 23.9 Å². The van der Waals surface area contributed by atoms with Crippen LogP contribution in [0.25, 0.3) is 10.8 Å². The lowest BCUT2D eigenvalue weighted by atomic mass is 9.99. The first-order chi connectivity index (χ1) is 13.6. The van der Waals surface area contributed by atoms with Gasteiger partial charge in [0, 0.05) is 23.8 Å². The van der Waals surface area contributed by atoms with Crippen LogP contribution in [0.1, 0.15) is 47.0 Å². The van der Waals surface area contributed by atoms with Crippen LogP contribution in [-0.2, 0) is 17.6 Å². The predicted octanol–water partition coefficient (Wildman–Crippen LogP) is 4.64. The molecule has 1 aliphatic heterocycles. The Labute approximate surface area is 166 Å². The standard InChI is InChI=1S/C21H20FN3O2S/c1-12-6-7-15(22)16(8-12)25-11-14(10-19(25)26)20-23-21(27-24-20)18-9-13-4-2-3-5-17(13)28-18/h6-9,14H,2-5,10-11H2,1H3. The number of benzene rings is 1. The van der Waals surface area contributed by atoms with E-state index < -0.39 is 5.82 Å². The van der Waals surface area contributed by atoms with Gasteiger partial charge in [-0.3, -0.25) is 4.79 Å². The van der Waals surface area contributed by atoms with Crippen molar-refractivity contribution in [2.75, 3.05) is 11.4 Å². The number of anilines is 1. The van der Waals surface area contributed by atoms with Gasteiger partial charge in [-0.1, -0.05) is 11.2 Å². The first kappa shape index (κ1) is 17.6. The van der Waals surface area contributed by atoms with Crippen molar-refractivity contribution in [1.29, 1.82) is 0 Å². The molecule has 2 aliphatic rings. The zero-order valence-electron chi connectivity index (χ0n) is 15.6. The number of carbonyl (C=O) groups excluding carboxylic acids is 1. The molecule has 1 aliphatic carbocycles. The average molecular weight is 397 g/mol. The number of amides is 1. The molecule has 0 N–H and O–H groups in total. The SMILES string of the molecule is Cc1ccc(F)c(N2CC(c3noc(-c4cc5c(s4)CCCC5)n3)CC2=O)c1. The molecule has 2 aromatic heterocycles. The van der Waals surface area contributed by atoms with E-state index in [1.807, 2.05) is 6.92 Å². The van der Waals surface area contributed by atoms with Gasteiger partial charge < -0.3 is 9.42 Å². The number of rotatable bonds is 3. The van der Waals surface area contributed by atoms with E-state index in [4.69, 9.17) is 4.52 Å². The van der Waals surface area contributed by atoms with Crippen LogP contribution in [0.3, 0.4) is 0 Å². The molecule has 1 unspecified atom stereocenters. The monoisotopic (exact) mass is 397 g/mol. The molecule has 0 spiro atoms. The van der Waals surface area contributed by atoms with Gasteiger partial charge >= 0.3 is 0 Å². The first-order valence-electron chi connectivity index (χ1n) is 9.60. The Bertz CT molecular complexity index is 1030. The van der Waals surface area contributed by atoms with Crippen molar-refractivity contribution in [3.8, 4) is 10.8 Å². The van der Waals surface area contributed by atoms with E-state index >= 15 is 0 Å². The smallest absolute Gasteiger partial charge is 0.268 e. The van der Waals surface area contributed by atoms with E-state index in [1.54, 1.807) is 23.5 Å². The molecule has 7 heteroatoms. The summed E-state index contributed by atoms with van der Waals surface area (Å²) in [4.78, 5) is 21.0. The third kappa shape index (κ3) is 3.03. The lowest BCUT2D eigenvalue weighted by Gasteiger charge is -2.17. The number of aromatic nitrogens is 2. The maximum atomic E-state index is 14.2. The zero-order valence-corrected chi connectivity index (χ0v) is 16.4. The van der Waals surface area contributed by atoms with Gasteiger partial charge in [0.2, 0.25) is 5.91 Å². The van der Waals surface area contributed by atoms with Crippen LogP contribution in [0.2, 0.25) is 0 Å². The molecular formula is C21H20FN3O2S. The zero-order chi connectivity index (χ0) is 19.3. The van der Waals surface area contributed by atoms with E-state index in [2.05, 4.69) is 16.2 Å². The van der Waals surface area contributed by atoms with Gasteiger partial charge in [0.05, 0.1) is 10.6 Å². The summed E-state index contributed by atoms with van der Waals surface area (Å²) >= 11 is 1.72. The molecule has 3 aromatic rings. The summed E-state index contributed by atoms with van der Waals surface area (Å²) in [5, 5.41) is 4.13. The highest BCUT2D eigenvalue weighted by Crippen LogP contribution is 2.37. The van der Waals surface area contributed by atoms with Crippen LogP contribution < -0.4 is 4.90 Å². The summed E-state index contributed by atoms with van der Waals surface area (Å²) in [6.45, 7) is 2.24. The highest BCUT2D eigenvalue weighted by atomic mass is 32.1. The average Bonchev–Trinajstić information content (AvgIpc) is 3.40. The Balaban J connectivity index is 1.38. The lowest BCUT2D eigenvalue weighted by Crippen LogP contribution is -2.25. The van der Waals surface area contributed by atoms with Crippen molar-refractivity contribution in [2.45, 2.75) is 44.9 Å². The first-order valence-corrected chi connectivity index (χ1v) is 10.4. The van der Waals surface area contributed by atoms with Gasteiger partial charge in [-0.2, -0.15) is 4.98 Å². The number of thiophene rings is 1. The van der Waals surface area contributed by atoms with Crippen LogP contribution in [0.15, 0.2) is 28.8 Å². The van der Waals surface area contributed by atoms with Crippen molar-refractivity contribution in [3.63, 3.8) is 0 Å². The van der Waals surface area contributed by atoms with Gasteiger partial charge in [0.1, 0.15) is 5.82 Å². The topological polar surface area (TPSA) is 59.2 Å². The number of carbonyl (C=O) groups is 1. The number of hydrogen-bond donors (Lipinski definition) is 0. The summed E-state index contributed by atoms with van der Waals surface area (Å²) in [7, 11) is 0. The Hall–Kier alpha value is -2.54. The number of nitrogens with zero attached hydrogens (tertiary/aromatic N) is 3. The maximum Gasteiger partial charge on any atom is 0.268 e. The fourth-order valence-electron chi connectivity index (χ4n) is 4.04. The second-order valence-electron chi connectivity index (χ2n) is 7.58. The number of aryl methyl sites for hydroxylation is 3. The number of hydrogen-bond acceptors (Lipinski definition) is 5. The van der Waals surface area contributed by atoms with Gasteiger partial charge in [0.15, 0.2) is 5.82 Å². The van der Waals surface area contributed by atoms with Crippen LogP contribution in [0.4, 0.5) is 10.1 Å². The molecule has 0 saturated carbocycles. The third-order valence-corrected chi connectivity index (χ3v) is 6.76. The van der Waals surface area contributed by atoms with Crippen molar-refractivity contribution in [3.05, 3.63) is 51.9 Å². The molecule has 5 rings (SSSR count). The summed E-state index contributed by atoms with van der Waals surface area (Å²) in [6.07, 6.45) is 4.95. The number of fused-ring (bicyclic) bond motifs is 1. The molecule has 1 saturated heterocycles. The van der Waals surface area contributed by atoms with Crippen LogP contribution in [-0.4, -0.2) is 22.6 Å². The van der Waals surface area contributed by atoms with Gasteiger partial charge in [-0.05, 0) is 61.9 Å². The molecule has 1 amide bonds. The molecular weight excluding hydrogens is 377 g/mol. The second-order valence-corrected chi connectivity index (χ2v) is 8.72. The van der Waals surface area contributed by atoms with Crippen molar-refractivity contribution in [2.24, 2.45) is 0 Å². The molecule has 1 fully saturated rings. The second kappa shape index (κ2) is 6.81. The van der Waals surface area contributed by atoms with Gasteiger partial charge in [0.25, 0.3) is 5.89 Å². The molecule has 0 bridgehead atoms. The van der Waals surface area contributed by atoms with E-state index in [1.165, 1.54) is 34.2 Å². The summed E-state index contributed by atoms with van der Waals surface area (Å²) in [5.41, 5.74) is 2.63. The molecule has 0 radical (unpaired) electrons. The fourth-order valence-corrected chi connectivity index (χ4v) is 5.22. The van der Waals surface area contributed by atoms with E-state index in [0.717, 1.165) is 23.3 Å². The summed E-state index contributed by atoms with van der Waals surface area (Å²) in [6, 6.07) is 6.96. The van der Waals surface area contributed by atoms with Crippen molar-refractivity contribution < 1.29 is 13.7 Å². The Morgan fingerprint density at radius 3 is 2.96 bits per heavy atom. The Morgan fingerprint density at radius 1 is 1.25 bits per heavy atom. The molecule has 3 heterocycles. The minimum atomic E-state index is -0.391. The van der Waals surface area contributed by atoms with Crippen molar-refractivity contribution in [1.82, 2.24) is 10.1 Å². The van der Waals surface area contributed by atoms with Crippen molar-refractivity contribution >= 4 is 22.9 Å². The predicted molar refractivity (Wildman–Crippen MR) is 105 cm³/mol. The molecule has 1 atom stereocenters. The van der Waals surface area contributed by atoms with Crippen LogP contribution in [0.5, 0.6) is 0 Å². The van der Waals surface area contributed by atoms with Crippen LogP contribution in [0, 0.1) is 12.7 Å². The minimum absolute atomic E-state index is 0.118. The molecule has 28 heavy (non-hydrogen) atoms. The largest absolute Gasteiger partial charge is 0.333 e. The third-order valence-electron chi connectivity index (χ3n) is 5.53. The Kier molecular flexibility index (Phi) is 4.27. The van der Waals surface area contributed by atoms with Gasteiger partial charge in [-0.25, -0.2) is 4.39 Å². The molecule has 1 aromatic carbocycles. The quantitative estimate of drug-likeness (QED) is 0.646. The molecule has 5 nitrogen and oxygen atoms in total. The van der Waals surface area contributed by atoms with Gasteiger partial charge in [-0.15, -0.1) is 11.3 Å². The van der Waals surface area contributed by atoms with E-state index in [9.17, 15) is 9.18 Å². The molecule has 144 valence electrons. The maximum absolute atomic E-state index is 14.2. The lowest BCUT2D eigenvalue weighted by molar-refractivity contribution is -0.117. The Morgan fingerprint density at radius 2 is 2.11 bits per heavy atom. The summed E-state index contributed by atoms with van der Waals surface area (Å²) in [5.74, 6) is 0.330. The summed E-state index contributed by atoms with van der Waals surface area (Å²) < 4.78 is 19.7. The highest BCUT2D eigenvalue weighted by molar-refractivity contribution is 7.15. The van der Waals surface area contributed by atoms with Crippen LogP contribution >= 0.6 is 11.3 Å². The van der Waals surface area contributed by atoms with E-state index in [-0.39, 0.29) is 18.2 Å². The highest BCUT2D eigenvalue weighted by Gasteiger charge is 2.36. The minimum Gasteiger partial charge on any atom is -0.333 e. The number of halogens is 1. The fraction of sp³-hybridized carbons (Fsp3) is 0.381.